The lowest BCUT2D eigenvalue weighted by atomic mass is 10.1. The highest BCUT2D eigenvalue weighted by atomic mass is 32.2. The molecule has 0 bridgehead atoms. The van der Waals surface area contributed by atoms with Crippen LogP contribution in [0.25, 0.3) is 0 Å². The summed E-state index contributed by atoms with van der Waals surface area (Å²) in [5.41, 5.74) is 0.827. The van der Waals surface area contributed by atoms with Crippen molar-refractivity contribution in [1.82, 2.24) is 0 Å². The molecule has 0 aliphatic heterocycles. The first-order valence-corrected chi connectivity index (χ1v) is 10.4. The van der Waals surface area contributed by atoms with Crippen LogP contribution in [-0.2, 0) is 26.4 Å². The third-order valence-electron chi connectivity index (χ3n) is 3.48. The molecule has 0 atom stereocenters. The van der Waals surface area contributed by atoms with E-state index in [0.29, 0.717) is 6.42 Å². The zero-order valence-electron chi connectivity index (χ0n) is 14.1. The highest BCUT2D eigenvalue weighted by Gasteiger charge is 2.27. The van der Waals surface area contributed by atoms with Crippen LogP contribution in [-0.4, -0.2) is 29.7 Å². The van der Waals surface area contributed by atoms with Gasteiger partial charge in [-0.1, -0.05) is 12.1 Å². The molecule has 146 valence electrons. The van der Waals surface area contributed by atoms with Crippen molar-refractivity contribution < 1.29 is 34.5 Å². The standard InChI is InChI=1S/C17H16F2O6S2/c1-3-4-12-5-10-15(16(11-12)24-2)25-27(22,23)14-8-6-13(7-9-14)26(20,21)17(18)19/h3,5-11,17H,1,4H2,2H3. The van der Waals surface area contributed by atoms with E-state index in [2.05, 4.69) is 6.58 Å². The second-order valence-corrected chi connectivity index (χ2v) is 8.76. The molecule has 2 rings (SSSR count). The molecule has 0 amide bonds. The van der Waals surface area contributed by atoms with E-state index in [9.17, 15) is 25.6 Å². The molecule has 0 heterocycles. The molecule has 0 saturated carbocycles. The van der Waals surface area contributed by atoms with Gasteiger partial charge in [0.25, 0.3) is 0 Å². The predicted molar refractivity (Wildman–Crippen MR) is 94.3 cm³/mol. The summed E-state index contributed by atoms with van der Waals surface area (Å²) in [6.07, 6.45) is 2.21. The van der Waals surface area contributed by atoms with Gasteiger partial charge in [-0.3, -0.25) is 0 Å². The minimum atomic E-state index is -4.82. The zero-order chi connectivity index (χ0) is 20.2. The Kier molecular flexibility index (Phi) is 6.22. The van der Waals surface area contributed by atoms with Crippen LogP contribution in [0.4, 0.5) is 8.78 Å². The van der Waals surface area contributed by atoms with Crippen molar-refractivity contribution in [2.75, 3.05) is 7.11 Å². The van der Waals surface area contributed by atoms with E-state index in [0.717, 1.165) is 29.8 Å². The van der Waals surface area contributed by atoms with Crippen molar-refractivity contribution in [2.45, 2.75) is 22.0 Å². The van der Waals surface area contributed by atoms with Crippen LogP contribution < -0.4 is 8.92 Å². The second-order valence-electron chi connectivity index (χ2n) is 5.29. The summed E-state index contributed by atoms with van der Waals surface area (Å²) in [5.74, 6) is -3.50. The quantitative estimate of drug-likeness (QED) is 0.483. The molecule has 0 spiro atoms. The van der Waals surface area contributed by atoms with E-state index >= 15 is 0 Å². The average Bonchev–Trinajstić information content (AvgIpc) is 2.63. The molecule has 0 unspecified atom stereocenters. The van der Waals surface area contributed by atoms with Gasteiger partial charge in [0.15, 0.2) is 11.5 Å². The van der Waals surface area contributed by atoms with E-state index < -0.39 is 35.5 Å². The Morgan fingerprint density at radius 1 is 1.00 bits per heavy atom. The van der Waals surface area contributed by atoms with E-state index in [1.54, 1.807) is 18.2 Å². The Hall–Kier alpha value is -2.46. The van der Waals surface area contributed by atoms with Gasteiger partial charge in [-0.25, -0.2) is 8.42 Å². The van der Waals surface area contributed by atoms with Crippen molar-refractivity contribution in [3.05, 3.63) is 60.7 Å². The van der Waals surface area contributed by atoms with E-state index in [-0.39, 0.29) is 11.5 Å². The Morgan fingerprint density at radius 2 is 1.59 bits per heavy atom. The molecule has 2 aromatic carbocycles. The summed E-state index contributed by atoms with van der Waals surface area (Å²) in [4.78, 5) is -1.09. The summed E-state index contributed by atoms with van der Waals surface area (Å²) in [6, 6.07) is 7.94. The van der Waals surface area contributed by atoms with Gasteiger partial charge >= 0.3 is 15.9 Å². The van der Waals surface area contributed by atoms with Gasteiger partial charge in [-0.2, -0.15) is 17.2 Å². The first kappa shape index (κ1) is 20.8. The number of sulfone groups is 1. The number of alkyl halides is 2. The number of halogens is 2. The summed E-state index contributed by atoms with van der Waals surface area (Å²) in [7, 11) is -7.81. The lowest BCUT2D eigenvalue weighted by molar-refractivity contribution is 0.234. The van der Waals surface area contributed by atoms with E-state index in [1.165, 1.54) is 13.2 Å². The summed E-state index contributed by atoms with van der Waals surface area (Å²) >= 11 is 0. The smallest absolute Gasteiger partial charge is 0.341 e. The second kappa shape index (κ2) is 8.05. The van der Waals surface area contributed by atoms with Gasteiger partial charge < -0.3 is 8.92 Å². The Bertz CT molecular complexity index is 1030. The van der Waals surface area contributed by atoms with Crippen LogP contribution in [0.1, 0.15) is 5.56 Å². The summed E-state index contributed by atoms with van der Waals surface area (Å²) in [5, 5.41) is 0. The first-order chi connectivity index (χ1) is 12.6. The molecular formula is C17H16F2O6S2. The number of rotatable bonds is 8. The van der Waals surface area contributed by atoms with Crippen molar-refractivity contribution in [1.29, 1.82) is 0 Å². The monoisotopic (exact) mass is 418 g/mol. The van der Waals surface area contributed by atoms with Gasteiger partial charge in [-0.05, 0) is 48.4 Å². The summed E-state index contributed by atoms with van der Waals surface area (Å²) in [6.45, 7) is 3.61. The number of methoxy groups -OCH3 is 1. The van der Waals surface area contributed by atoms with Crippen molar-refractivity contribution in [3.8, 4) is 11.5 Å². The zero-order valence-corrected chi connectivity index (χ0v) is 15.8. The molecule has 0 N–H and O–H groups in total. The molecule has 2 aromatic rings. The van der Waals surface area contributed by atoms with E-state index in [1.807, 2.05) is 0 Å². The van der Waals surface area contributed by atoms with Gasteiger partial charge in [0.1, 0.15) is 4.90 Å². The maximum Gasteiger partial charge on any atom is 0.341 e. The lowest BCUT2D eigenvalue weighted by Gasteiger charge is -2.12. The van der Waals surface area contributed by atoms with Gasteiger partial charge in [0, 0.05) is 0 Å². The van der Waals surface area contributed by atoms with Gasteiger partial charge in [0.2, 0.25) is 9.84 Å². The maximum atomic E-state index is 12.5. The van der Waals surface area contributed by atoms with Crippen LogP contribution in [0.15, 0.2) is 64.9 Å². The number of hydrogen-bond donors (Lipinski definition) is 0. The fourth-order valence-corrected chi connectivity index (χ4v) is 3.80. The van der Waals surface area contributed by atoms with Crippen molar-refractivity contribution in [3.63, 3.8) is 0 Å². The highest BCUT2D eigenvalue weighted by Crippen LogP contribution is 2.31. The minimum absolute atomic E-state index is 0.0745. The molecule has 0 aliphatic carbocycles. The van der Waals surface area contributed by atoms with Gasteiger partial charge in [0.05, 0.1) is 12.0 Å². The van der Waals surface area contributed by atoms with Crippen LogP contribution in [0.3, 0.4) is 0 Å². The van der Waals surface area contributed by atoms with Crippen LogP contribution in [0, 0.1) is 0 Å². The normalized spacial score (nSPS) is 12.0. The number of ether oxygens (including phenoxy) is 1. The highest BCUT2D eigenvalue weighted by molar-refractivity contribution is 7.91. The Morgan fingerprint density at radius 3 is 2.11 bits per heavy atom. The molecule has 0 radical (unpaired) electrons. The van der Waals surface area contributed by atoms with E-state index in [4.69, 9.17) is 8.92 Å². The molecule has 0 fully saturated rings. The fourth-order valence-electron chi connectivity index (χ4n) is 2.14. The molecule has 10 heteroatoms. The first-order valence-electron chi connectivity index (χ1n) is 7.46. The Balaban J connectivity index is 2.33. The fraction of sp³-hybridized carbons (Fsp3) is 0.176. The molecule has 0 aromatic heterocycles. The van der Waals surface area contributed by atoms with Crippen molar-refractivity contribution >= 4 is 20.0 Å². The molecule has 0 aliphatic rings. The van der Waals surface area contributed by atoms with Crippen LogP contribution in [0.5, 0.6) is 11.5 Å². The number of allylic oxidation sites excluding steroid dienone is 1. The van der Waals surface area contributed by atoms with Crippen LogP contribution >= 0.6 is 0 Å². The molecule has 0 saturated heterocycles. The molecular weight excluding hydrogens is 402 g/mol. The van der Waals surface area contributed by atoms with Crippen molar-refractivity contribution in [2.24, 2.45) is 0 Å². The minimum Gasteiger partial charge on any atom is -0.493 e. The maximum absolute atomic E-state index is 12.5. The van der Waals surface area contributed by atoms with Crippen LogP contribution in [0.2, 0.25) is 0 Å². The Labute approximate surface area is 156 Å². The third kappa shape index (κ3) is 4.64. The number of hydrogen-bond acceptors (Lipinski definition) is 6. The predicted octanol–water partition coefficient (Wildman–Crippen LogP) is 3.19. The SMILES string of the molecule is C=CCc1ccc(OS(=O)(=O)c2ccc(S(=O)(=O)C(F)F)cc2)c(OC)c1. The topological polar surface area (TPSA) is 86.7 Å². The lowest BCUT2D eigenvalue weighted by Crippen LogP contribution is -2.13. The largest absolute Gasteiger partial charge is 0.493 e. The summed E-state index contributed by atoms with van der Waals surface area (Å²) < 4.78 is 82.8. The molecule has 6 nitrogen and oxygen atoms in total. The van der Waals surface area contributed by atoms with Gasteiger partial charge in [-0.15, -0.1) is 6.58 Å². The third-order valence-corrected chi connectivity index (χ3v) is 6.13. The average molecular weight is 418 g/mol. The molecule has 27 heavy (non-hydrogen) atoms. The number of benzene rings is 2.